The van der Waals surface area contributed by atoms with Gasteiger partial charge in [-0.1, -0.05) is 30.3 Å². The van der Waals surface area contributed by atoms with Crippen LogP contribution in [-0.2, 0) is 4.79 Å². The molecule has 1 saturated heterocycles. The van der Waals surface area contributed by atoms with Crippen LogP contribution >= 0.6 is 24.4 Å². The Morgan fingerprint density at radius 1 is 1.27 bits per heavy atom. The first-order valence-electron chi connectivity index (χ1n) is 8.80. The Balaban J connectivity index is 1.84. The van der Waals surface area contributed by atoms with E-state index in [-0.39, 0.29) is 23.1 Å². The summed E-state index contributed by atoms with van der Waals surface area (Å²) in [7, 11) is 0. The number of carbonyl (C=O) groups excluding carboxylic acids is 1. The summed E-state index contributed by atoms with van der Waals surface area (Å²) in [5.41, 5.74) is 0. The standard InChI is InChI=1S/C20H23NO3S2/c1-13(12-25)19(22)21(20(23)24)11-18(9-14(21)2)26-17-8-7-15-5-3-4-6-16(15)10-17/h3-8,10,13-14,18H,9,11-12H2,1-2H3,(H-,23,24,25)/p+1/t13?,14-,18-,21-/m1/s1. The Morgan fingerprint density at radius 3 is 2.62 bits per heavy atom. The van der Waals surface area contributed by atoms with Crippen molar-refractivity contribution in [2.45, 2.75) is 36.5 Å². The summed E-state index contributed by atoms with van der Waals surface area (Å²) in [5, 5.41) is 12.3. The molecule has 0 spiro atoms. The van der Waals surface area contributed by atoms with Gasteiger partial charge in [-0.15, -0.1) is 11.8 Å². The number of likely N-dealkylation sites (tertiary alicyclic amines) is 1. The molecule has 1 N–H and O–H groups in total. The van der Waals surface area contributed by atoms with Gasteiger partial charge in [0, 0.05) is 17.1 Å². The lowest BCUT2D eigenvalue weighted by molar-refractivity contribution is -0.793. The van der Waals surface area contributed by atoms with Crippen LogP contribution in [0.4, 0.5) is 4.79 Å². The van der Waals surface area contributed by atoms with Crippen molar-refractivity contribution in [3.05, 3.63) is 42.5 Å². The van der Waals surface area contributed by atoms with E-state index in [1.54, 1.807) is 18.7 Å². The molecule has 26 heavy (non-hydrogen) atoms. The number of hydrogen-bond donors (Lipinski definition) is 2. The molecular weight excluding hydrogens is 366 g/mol. The van der Waals surface area contributed by atoms with E-state index in [9.17, 15) is 14.7 Å². The zero-order chi connectivity index (χ0) is 18.9. The highest BCUT2D eigenvalue weighted by Crippen LogP contribution is 2.39. The maximum atomic E-state index is 12.9. The number of carboxylic acid groups (broad SMARTS) is 1. The fraction of sp³-hybridized carbons (Fsp3) is 0.400. The van der Waals surface area contributed by atoms with Crippen molar-refractivity contribution < 1.29 is 19.2 Å². The molecule has 6 heteroatoms. The lowest BCUT2D eigenvalue weighted by atomic mass is 10.1. The number of thiol groups is 1. The number of rotatable bonds is 4. The molecule has 0 bridgehead atoms. The molecule has 1 aliphatic rings. The number of amides is 2. The molecule has 1 fully saturated rings. The molecular formula is C20H24NO3S2+. The maximum Gasteiger partial charge on any atom is 0.521 e. The second-order valence-corrected chi connectivity index (χ2v) is 8.83. The third-order valence-corrected chi connectivity index (χ3v) is 7.05. The smallest absolute Gasteiger partial charge is 0.435 e. The highest BCUT2D eigenvalue weighted by atomic mass is 32.2. The quantitative estimate of drug-likeness (QED) is 0.588. The summed E-state index contributed by atoms with van der Waals surface area (Å²) >= 11 is 5.87. The lowest BCUT2D eigenvalue weighted by Gasteiger charge is -2.31. The zero-order valence-corrected chi connectivity index (χ0v) is 16.7. The highest BCUT2D eigenvalue weighted by molar-refractivity contribution is 8.00. The predicted octanol–water partition coefficient (Wildman–Crippen LogP) is 4.68. The maximum absolute atomic E-state index is 12.9. The fourth-order valence-corrected chi connectivity index (χ4v) is 5.36. The molecule has 1 aliphatic heterocycles. The zero-order valence-electron chi connectivity index (χ0n) is 15.0. The number of thioether (sulfide) groups is 1. The molecule has 0 aromatic heterocycles. The lowest BCUT2D eigenvalue weighted by Crippen LogP contribution is -2.60. The van der Waals surface area contributed by atoms with Crippen molar-refractivity contribution in [2.75, 3.05) is 12.3 Å². The van der Waals surface area contributed by atoms with Crippen molar-refractivity contribution in [3.63, 3.8) is 0 Å². The van der Waals surface area contributed by atoms with E-state index in [2.05, 4.69) is 43.0 Å². The van der Waals surface area contributed by atoms with Crippen LogP contribution in [0.2, 0.25) is 0 Å². The third kappa shape index (κ3) is 3.38. The van der Waals surface area contributed by atoms with Crippen LogP contribution in [0.25, 0.3) is 10.8 Å². The molecule has 138 valence electrons. The van der Waals surface area contributed by atoms with Crippen LogP contribution in [0, 0.1) is 5.92 Å². The minimum absolute atomic E-state index is 0.0957. The molecule has 3 rings (SSSR count). The normalized spacial score (nSPS) is 26.7. The summed E-state index contributed by atoms with van der Waals surface area (Å²) < 4.78 is -0.479. The Kier molecular flexibility index (Phi) is 5.65. The van der Waals surface area contributed by atoms with E-state index in [4.69, 9.17) is 0 Å². The van der Waals surface area contributed by atoms with Crippen LogP contribution < -0.4 is 0 Å². The van der Waals surface area contributed by atoms with Gasteiger partial charge in [-0.2, -0.15) is 21.9 Å². The van der Waals surface area contributed by atoms with E-state index >= 15 is 0 Å². The van der Waals surface area contributed by atoms with Gasteiger partial charge in [-0.05, 0) is 36.8 Å². The summed E-state index contributed by atoms with van der Waals surface area (Å²) in [6, 6.07) is 14.2. The first-order valence-corrected chi connectivity index (χ1v) is 10.3. The van der Waals surface area contributed by atoms with Crippen LogP contribution in [0.5, 0.6) is 0 Å². The number of benzene rings is 2. The minimum Gasteiger partial charge on any atom is -0.435 e. The molecule has 0 radical (unpaired) electrons. The third-order valence-electron chi connectivity index (χ3n) is 5.30. The van der Waals surface area contributed by atoms with E-state index < -0.39 is 10.6 Å². The van der Waals surface area contributed by atoms with Crippen molar-refractivity contribution in [2.24, 2.45) is 5.92 Å². The van der Waals surface area contributed by atoms with Crippen molar-refractivity contribution in [1.82, 2.24) is 0 Å². The van der Waals surface area contributed by atoms with Gasteiger partial charge in [0.15, 0.2) is 0 Å². The Labute approximate surface area is 163 Å². The number of imide groups is 1. The molecule has 2 aromatic rings. The largest absolute Gasteiger partial charge is 0.521 e. The molecule has 0 aliphatic carbocycles. The molecule has 4 atom stereocenters. The minimum atomic E-state index is -1.04. The average Bonchev–Trinajstić information content (AvgIpc) is 2.97. The Bertz CT molecular complexity index is 841. The first-order chi connectivity index (χ1) is 12.4. The van der Waals surface area contributed by atoms with Gasteiger partial charge >= 0.3 is 12.0 Å². The van der Waals surface area contributed by atoms with Gasteiger partial charge in [-0.25, -0.2) is 4.79 Å². The van der Waals surface area contributed by atoms with Crippen molar-refractivity contribution in [1.29, 1.82) is 0 Å². The van der Waals surface area contributed by atoms with Gasteiger partial charge < -0.3 is 5.11 Å². The van der Waals surface area contributed by atoms with Crippen LogP contribution in [0.3, 0.4) is 0 Å². The van der Waals surface area contributed by atoms with E-state index in [1.165, 1.54) is 10.8 Å². The second-order valence-electron chi connectivity index (χ2n) is 7.09. The monoisotopic (exact) mass is 390 g/mol. The number of nitrogens with zero attached hydrogens (tertiary/aromatic N) is 1. The van der Waals surface area contributed by atoms with Gasteiger partial charge in [-0.3, -0.25) is 0 Å². The number of hydrogen-bond acceptors (Lipinski definition) is 4. The molecule has 1 unspecified atom stereocenters. The topological polar surface area (TPSA) is 54.4 Å². The van der Waals surface area contributed by atoms with Crippen LogP contribution in [-0.4, -0.2) is 45.2 Å². The Hall–Kier alpha value is -1.50. The van der Waals surface area contributed by atoms with Gasteiger partial charge in [0.1, 0.15) is 12.6 Å². The van der Waals surface area contributed by atoms with Gasteiger partial charge in [0.05, 0.1) is 11.2 Å². The second kappa shape index (κ2) is 7.62. The summed E-state index contributed by atoms with van der Waals surface area (Å²) in [6.07, 6.45) is -0.341. The van der Waals surface area contributed by atoms with Gasteiger partial charge in [0.25, 0.3) is 0 Å². The van der Waals surface area contributed by atoms with E-state index in [1.807, 2.05) is 19.1 Å². The molecule has 1 heterocycles. The number of carbonyl (C=O) groups is 2. The molecule has 2 aromatic carbocycles. The Morgan fingerprint density at radius 2 is 1.96 bits per heavy atom. The van der Waals surface area contributed by atoms with Crippen molar-refractivity contribution in [3.8, 4) is 0 Å². The number of fused-ring (bicyclic) bond motifs is 1. The van der Waals surface area contributed by atoms with E-state index in [0.717, 1.165) is 4.90 Å². The van der Waals surface area contributed by atoms with Gasteiger partial charge in [0.2, 0.25) is 0 Å². The van der Waals surface area contributed by atoms with E-state index in [0.29, 0.717) is 18.7 Å². The molecule has 0 saturated carbocycles. The SMILES string of the molecule is CC(CS)C(=O)[N@@+]1(C(=O)O)C[C@H](Sc2ccc3ccccc3c2)C[C@H]1C. The van der Waals surface area contributed by atoms with Crippen molar-refractivity contribution >= 4 is 47.2 Å². The first kappa shape index (κ1) is 19.3. The summed E-state index contributed by atoms with van der Waals surface area (Å²) in [4.78, 5) is 26.1. The summed E-state index contributed by atoms with van der Waals surface area (Å²) in [5.74, 6) is -0.246. The number of quaternary nitrogens is 1. The fourth-order valence-electron chi connectivity index (χ4n) is 3.79. The highest BCUT2D eigenvalue weighted by Gasteiger charge is 2.57. The predicted molar refractivity (Wildman–Crippen MR) is 109 cm³/mol. The molecule has 4 nitrogen and oxygen atoms in total. The van der Waals surface area contributed by atoms with Crippen LogP contribution in [0.1, 0.15) is 20.3 Å². The van der Waals surface area contributed by atoms with Crippen LogP contribution in [0.15, 0.2) is 47.4 Å². The molecule has 2 amide bonds. The summed E-state index contributed by atoms with van der Waals surface area (Å²) in [6.45, 7) is 3.96. The average molecular weight is 391 g/mol.